The van der Waals surface area contributed by atoms with Crippen LogP contribution in [0.15, 0.2) is 85.9 Å². The Morgan fingerprint density at radius 3 is 2.37 bits per heavy atom. The molecule has 7 heteroatoms. The zero-order valence-electron chi connectivity index (χ0n) is 16.7. The molecule has 0 N–H and O–H groups in total. The van der Waals surface area contributed by atoms with Gasteiger partial charge in [-0.1, -0.05) is 77.6 Å². The van der Waals surface area contributed by atoms with E-state index in [0.717, 1.165) is 16.8 Å². The third kappa shape index (κ3) is 4.02. The van der Waals surface area contributed by atoms with E-state index in [1.807, 2.05) is 66.7 Å². The first-order valence-corrected chi connectivity index (χ1v) is 10.5. The van der Waals surface area contributed by atoms with Crippen LogP contribution in [0.3, 0.4) is 0 Å². The lowest BCUT2D eigenvalue weighted by Gasteiger charge is -2.14. The van der Waals surface area contributed by atoms with Crippen molar-refractivity contribution in [3.05, 3.63) is 104 Å². The van der Waals surface area contributed by atoms with Crippen molar-refractivity contribution in [3.63, 3.8) is 0 Å². The first kappa shape index (κ1) is 20.0. The Morgan fingerprint density at radius 2 is 1.67 bits per heavy atom. The van der Waals surface area contributed by atoms with Crippen LogP contribution < -0.4 is 11.2 Å². The predicted molar refractivity (Wildman–Crippen MR) is 118 cm³/mol. The topological polar surface area (TPSA) is 70.0 Å². The zero-order chi connectivity index (χ0) is 21.1. The highest BCUT2D eigenvalue weighted by molar-refractivity contribution is 7.98. The number of aromatic nitrogens is 3. The summed E-state index contributed by atoms with van der Waals surface area (Å²) < 4.78 is 8.24. The van der Waals surface area contributed by atoms with Gasteiger partial charge in [0, 0.05) is 24.2 Å². The number of thioether (sulfide) groups is 1. The summed E-state index contributed by atoms with van der Waals surface area (Å²) in [7, 11) is 1.69. The van der Waals surface area contributed by atoms with Gasteiger partial charge in [0.25, 0.3) is 5.56 Å². The van der Waals surface area contributed by atoms with E-state index < -0.39 is 0 Å². The molecule has 0 atom stereocenters. The van der Waals surface area contributed by atoms with Crippen LogP contribution in [0, 0.1) is 6.92 Å². The maximum atomic E-state index is 12.9. The van der Waals surface area contributed by atoms with Gasteiger partial charge in [0.15, 0.2) is 0 Å². The maximum absolute atomic E-state index is 12.9. The molecular formula is C23H21N3O3S. The van der Waals surface area contributed by atoms with Crippen molar-refractivity contribution in [2.24, 2.45) is 7.05 Å². The van der Waals surface area contributed by atoms with E-state index in [1.54, 1.807) is 14.0 Å². The minimum Gasteiger partial charge on any atom is -0.360 e. The number of hydrogen-bond donors (Lipinski definition) is 0. The van der Waals surface area contributed by atoms with Crippen molar-refractivity contribution >= 4 is 11.8 Å². The SMILES string of the molecule is Cc1c(SCc2cc(-c3ccccc3)no2)n(C)c(=O)n(Cc2ccccc2)c1=O. The first-order valence-electron chi connectivity index (χ1n) is 9.53. The van der Waals surface area contributed by atoms with Crippen molar-refractivity contribution in [2.75, 3.05) is 0 Å². The Morgan fingerprint density at radius 1 is 1.00 bits per heavy atom. The van der Waals surface area contributed by atoms with Gasteiger partial charge < -0.3 is 4.52 Å². The lowest BCUT2D eigenvalue weighted by atomic mass is 10.1. The fourth-order valence-electron chi connectivity index (χ4n) is 3.28. The average molecular weight is 420 g/mol. The van der Waals surface area contributed by atoms with E-state index in [2.05, 4.69) is 5.16 Å². The van der Waals surface area contributed by atoms with Gasteiger partial charge in [0.1, 0.15) is 11.5 Å². The smallest absolute Gasteiger partial charge is 0.331 e. The molecule has 0 aliphatic rings. The van der Waals surface area contributed by atoms with Gasteiger partial charge in [-0.2, -0.15) is 0 Å². The van der Waals surface area contributed by atoms with Crippen molar-refractivity contribution in [2.45, 2.75) is 24.2 Å². The van der Waals surface area contributed by atoms with E-state index in [-0.39, 0.29) is 17.8 Å². The van der Waals surface area contributed by atoms with E-state index in [1.165, 1.54) is 20.9 Å². The number of benzene rings is 2. The van der Waals surface area contributed by atoms with Gasteiger partial charge in [0.05, 0.1) is 17.3 Å². The molecule has 0 radical (unpaired) electrons. The molecule has 0 bridgehead atoms. The number of nitrogens with zero attached hydrogens (tertiary/aromatic N) is 3. The lowest BCUT2D eigenvalue weighted by Crippen LogP contribution is -2.41. The van der Waals surface area contributed by atoms with Crippen LogP contribution in [0.4, 0.5) is 0 Å². The largest absolute Gasteiger partial charge is 0.360 e. The van der Waals surface area contributed by atoms with Gasteiger partial charge in [-0.05, 0) is 12.5 Å². The Kier molecular flexibility index (Phi) is 5.72. The normalized spacial score (nSPS) is 11.0. The minimum absolute atomic E-state index is 0.251. The van der Waals surface area contributed by atoms with Crippen LogP contribution in [-0.2, 0) is 19.3 Å². The summed E-state index contributed by atoms with van der Waals surface area (Å²) in [6, 6.07) is 21.1. The Balaban J connectivity index is 1.57. The number of rotatable bonds is 6. The van der Waals surface area contributed by atoms with Crippen LogP contribution >= 0.6 is 11.8 Å². The molecule has 0 aliphatic carbocycles. The van der Waals surface area contributed by atoms with Crippen LogP contribution in [-0.4, -0.2) is 14.3 Å². The van der Waals surface area contributed by atoms with Crippen LogP contribution in [0.25, 0.3) is 11.3 Å². The molecule has 30 heavy (non-hydrogen) atoms. The molecule has 2 aromatic carbocycles. The fraction of sp³-hybridized carbons (Fsp3) is 0.174. The molecule has 4 rings (SSSR count). The molecule has 0 saturated heterocycles. The third-order valence-corrected chi connectivity index (χ3v) is 6.15. The Hall–Kier alpha value is -3.32. The summed E-state index contributed by atoms with van der Waals surface area (Å²) >= 11 is 1.39. The molecule has 0 saturated carbocycles. The molecule has 2 aromatic heterocycles. The van der Waals surface area contributed by atoms with E-state index >= 15 is 0 Å². The van der Waals surface area contributed by atoms with Crippen molar-refractivity contribution in [1.29, 1.82) is 0 Å². The molecule has 152 valence electrons. The highest BCUT2D eigenvalue weighted by Gasteiger charge is 2.16. The molecule has 0 amide bonds. The summed E-state index contributed by atoms with van der Waals surface area (Å²) in [6.45, 7) is 2.00. The quantitative estimate of drug-likeness (QED) is 0.351. The molecule has 0 spiro atoms. The van der Waals surface area contributed by atoms with Crippen molar-refractivity contribution in [3.8, 4) is 11.3 Å². The van der Waals surface area contributed by atoms with E-state index in [4.69, 9.17) is 4.52 Å². The van der Waals surface area contributed by atoms with Gasteiger partial charge in [-0.25, -0.2) is 4.79 Å². The van der Waals surface area contributed by atoms with Gasteiger partial charge >= 0.3 is 5.69 Å². The van der Waals surface area contributed by atoms with Crippen LogP contribution in [0.5, 0.6) is 0 Å². The molecule has 0 fully saturated rings. The zero-order valence-corrected chi connectivity index (χ0v) is 17.6. The second-order valence-electron chi connectivity index (χ2n) is 6.98. The van der Waals surface area contributed by atoms with Crippen LogP contribution in [0.2, 0.25) is 0 Å². The first-order chi connectivity index (χ1) is 14.5. The fourth-order valence-corrected chi connectivity index (χ4v) is 4.27. The third-order valence-electron chi connectivity index (χ3n) is 4.87. The second-order valence-corrected chi connectivity index (χ2v) is 7.95. The highest BCUT2D eigenvalue weighted by atomic mass is 32.2. The molecule has 6 nitrogen and oxygen atoms in total. The molecule has 2 heterocycles. The average Bonchev–Trinajstić information content (AvgIpc) is 3.26. The standard InChI is InChI=1S/C23H21N3O3S/c1-16-21(27)26(14-17-9-5-3-6-10-17)23(28)25(2)22(16)30-15-19-13-20(24-29-19)18-11-7-4-8-12-18/h3-13H,14-15H2,1-2H3. The summed E-state index contributed by atoms with van der Waals surface area (Å²) in [5.74, 6) is 1.15. The van der Waals surface area contributed by atoms with Crippen molar-refractivity contribution < 1.29 is 4.52 Å². The summed E-state index contributed by atoms with van der Waals surface area (Å²) in [6.07, 6.45) is 0. The second kappa shape index (κ2) is 8.59. The minimum atomic E-state index is -0.334. The lowest BCUT2D eigenvalue weighted by molar-refractivity contribution is 0.397. The maximum Gasteiger partial charge on any atom is 0.331 e. The predicted octanol–water partition coefficient (Wildman–Crippen LogP) is 3.85. The van der Waals surface area contributed by atoms with Gasteiger partial charge in [0.2, 0.25) is 0 Å². The van der Waals surface area contributed by atoms with E-state index in [0.29, 0.717) is 22.1 Å². The molecule has 4 aromatic rings. The molecule has 0 aliphatic heterocycles. The van der Waals surface area contributed by atoms with Gasteiger partial charge in [-0.15, -0.1) is 0 Å². The van der Waals surface area contributed by atoms with Gasteiger partial charge in [-0.3, -0.25) is 13.9 Å². The summed E-state index contributed by atoms with van der Waals surface area (Å²) in [4.78, 5) is 25.7. The Bertz CT molecular complexity index is 1240. The van der Waals surface area contributed by atoms with E-state index in [9.17, 15) is 9.59 Å². The molecular weight excluding hydrogens is 398 g/mol. The molecule has 0 unspecified atom stereocenters. The van der Waals surface area contributed by atoms with Crippen LogP contribution in [0.1, 0.15) is 16.9 Å². The summed E-state index contributed by atoms with van der Waals surface area (Å²) in [5.41, 5.74) is 2.58. The summed E-state index contributed by atoms with van der Waals surface area (Å²) in [5, 5.41) is 4.75. The van der Waals surface area contributed by atoms with Crippen molar-refractivity contribution in [1.82, 2.24) is 14.3 Å². The monoisotopic (exact) mass is 419 g/mol. The number of hydrogen-bond acceptors (Lipinski definition) is 5. The Labute approximate surface area is 177 Å². The highest BCUT2D eigenvalue weighted by Crippen LogP contribution is 2.26.